The fourth-order valence-electron chi connectivity index (χ4n) is 1.62. The van der Waals surface area contributed by atoms with Crippen LogP contribution in [0.5, 0.6) is 0 Å². The van der Waals surface area contributed by atoms with Crippen molar-refractivity contribution in [3.63, 3.8) is 0 Å². The predicted octanol–water partition coefficient (Wildman–Crippen LogP) is 3.65. The third-order valence-corrected chi connectivity index (χ3v) is 2.55. The van der Waals surface area contributed by atoms with Gasteiger partial charge in [0, 0.05) is 6.42 Å². The molecule has 0 aliphatic rings. The minimum atomic E-state index is -0.275. The molecule has 1 nitrogen and oxygen atoms in total. The molecule has 2 rings (SSSR count). The molecule has 0 atom stereocenters. The van der Waals surface area contributed by atoms with Crippen molar-refractivity contribution in [2.45, 2.75) is 6.42 Å². The number of hydrogen-bond donors (Lipinski definition) is 0. The zero-order valence-corrected chi connectivity index (χ0v) is 9.84. The van der Waals surface area contributed by atoms with Crippen LogP contribution in [0, 0.1) is 5.82 Å². The Morgan fingerprint density at radius 1 is 1.00 bits per heavy atom. The monoisotopic (exact) mass is 240 g/mol. The van der Waals surface area contributed by atoms with Crippen molar-refractivity contribution in [1.82, 2.24) is 0 Å². The number of halogens is 1. The molecule has 0 aliphatic carbocycles. The van der Waals surface area contributed by atoms with E-state index in [0.29, 0.717) is 6.42 Å². The van der Waals surface area contributed by atoms with Gasteiger partial charge in [-0.25, -0.2) is 4.39 Å². The molecule has 0 heterocycles. The van der Waals surface area contributed by atoms with Crippen LogP contribution in [-0.4, -0.2) is 5.78 Å². The smallest absolute Gasteiger partial charge is 0.160 e. The number of carbonyl (C=O) groups excluding carboxylic acids is 1. The van der Waals surface area contributed by atoms with Gasteiger partial charge in [0.05, 0.1) is 0 Å². The lowest BCUT2D eigenvalue weighted by atomic mass is 10.1. The van der Waals surface area contributed by atoms with Crippen molar-refractivity contribution in [3.8, 4) is 0 Å². The van der Waals surface area contributed by atoms with E-state index in [1.54, 1.807) is 18.2 Å². The van der Waals surface area contributed by atoms with Crippen LogP contribution in [0.15, 0.2) is 60.7 Å². The highest BCUT2D eigenvalue weighted by Crippen LogP contribution is 2.06. The van der Waals surface area contributed by atoms with E-state index >= 15 is 0 Å². The standard InChI is InChI=1S/C16H13FO/c17-15-9-6-13(7-10-15)8-11-16(18)12-14-4-2-1-3-5-14/h1-11H,12H2/b11-8+. The Hall–Kier alpha value is -2.22. The van der Waals surface area contributed by atoms with Crippen LogP contribution in [0.25, 0.3) is 6.08 Å². The van der Waals surface area contributed by atoms with Gasteiger partial charge >= 0.3 is 0 Å². The molecule has 2 aromatic carbocycles. The summed E-state index contributed by atoms with van der Waals surface area (Å²) in [6.45, 7) is 0. The van der Waals surface area contributed by atoms with E-state index in [9.17, 15) is 9.18 Å². The summed E-state index contributed by atoms with van der Waals surface area (Å²) in [5.74, 6) is -0.242. The first-order valence-corrected chi connectivity index (χ1v) is 5.74. The Bertz CT molecular complexity index is 541. The molecule has 90 valence electrons. The van der Waals surface area contributed by atoms with Crippen LogP contribution in [0.1, 0.15) is 11.1 Å². The van der Waals surface area contributed by atoms with Crippen molar-refractivity contribution in [2.75, 3.05) is 0 Å². The molecule has 0 aliphatic heterocycles. The van der Waals surface area contributed by atoms with Crippen molar-refractivity contribution in [1.29, 1.82) is 0 Å². The van der Waals surface area contributed by atoms with Crippen LogP contribution >= 0.6 is 0 Å². The maximum absolute atomic E-state index is 12.7. The van der Waals surface area contributed by atoms with Crippen LogP contribution in [-0.2, 0) is 11.2 Å². The van der Waals surface area contributed by atoms with Gasteiger partial charge < -0.3 is 0 Å². The molecule has 0 amide bonds. The second-order valence-electron chi connectivity index (χ2n) is 4.01. The molecule has 0 fully saturated rings. The third kappa shape index (κ3) is 3.67. The number of hydrogen-bond acceptors (Lipinski definition) is 1. The number of benzene rings is 2. The first-order valence-electron chi connectivity index (χ1n) is 5.74. The summed E-state index contributed by atoms with van der Waals surface area (Å²) >= 11 is 0. The number of rotatable bonds is 4. The molecule has 0 unspecified atom stereocenters. The average molecular weight is 240 g/mol. The number of allylic oxidation sites excluding steroid dienone is 1. The van der Waals surface area contributed by atoms with Crippen molar-refractivity contribution < 1.29 is 9.18 Å². The Balaban J connectivity index is 1.97. The van der Waals surface area contributed by atoms with Gasteiger partial charge in [-0.2, -0.15) is 0 Å². The molecule has 0 aromatic heterocycles. The van der Waals surface area contributed by atoms with Crippen molar-refractivity contribution >= 4 is 11.9 Å². The van der Waals surface area contributed by atoms with E-state index in [1.165, 1.54) is 18.2 Å². The Kier molecular flexibility index (Phi) is 4.02. The molecule has 0 N–H and O–H groups in total. The topological polar surface area (TPSA) is 17.1 Å². The van der Waals surface area contributed by atoms with E-state index in [-0.39, 0.29) is 11.6 Å². The Morgan fingerprint density at radius 2 is 1.67 bits per heavy atom. The normalized spacial score (nSPS) is 10.7. The summed E-state index contributed by atoms with van der Waals surface area (Å²) in [6, 6.07) is 15.6. The van der Waals surface area contributed by atoms with Crippen molar-refractivity contribution in [2.24, 2.45) is 0 Å². The molecule has 18 heavy (non-hydrogen) atoms. The SMILES string of the molecule is O=C(/C=C/c1ccc(F)cc1)Cc1ccccc1. The average Bonchev–Trinajstić information content (AvgIpc) is 2.39. The van der Waals surface area contributed by atoms with E-state index < -0.39 is 0 Å². The van der Waals surface area contributed by atoms with E-state index in [0.717, 1.165) is 11.1 Å². The van der Waals surface area contributed by atoms with Crippen LogP contribution in [0.2, 0.25) is 0 Å². The van der Waals surface area contributed by atoms with Gasteiger partial charge in [-0.05, 0) is 29.3 Å². The fraction of sp³-hybridized carbons (Fsp3) is 0.0625. The summed E-state index contributed by atoms with van der Waals surface area (Å²) in [7, 11) is 0. The summed E-state index contributed by atoms with van der Waals surface area (Å²) in [4.78, 5) is 11.7. The molecular weight excluding hydrogens is 227 g/mol. The predicted molar refractivity (Wildman–Crippen MR) is 70.6 cm³/mol. The minimum Gasteiger partial charge on any atom is -0.294 e. The minimum absolute atomic E-state index is 0.0329. The Morgan fingerprint density at radius 3 is 2.33 bits per heavy atom. The fourth-order valence-corrected chi connectivity index (χ4v) is 1.62. The van der Waals surface area contributed by atoms with E-state index in [1.807, 2.05) is 30.3 Å². The lowest BCUT2D eigenvalue weighted by Gasteiger charge is -1.96. The summed E-state index contributed by atoms with van der Waals surface area (Å²) in [5, 5.41) is 0. The highest BCUT2D eigenvalue weighted by Gasteiger charge is 1.98. The van der Waals surface area contributed by atoms with Gasteiger partial charge in [-0.3, -0.25) is 4.79 Å². The summed E-state index contributed by atoms with van der Waals surface area (Å²) < 4.78 is 12.7. The lowest BCUT2D eigenvalue weighted by molar-refractivity contribution is -0.113. The molecule has 2 heteroatoms. The molecule has 0 radical (unpaired) electrons. The summed E-state index contributed by atoms with van der Waals surface area (Å²) in [5.41, 5.74) is 1.81. The highest BCUT2D eigenvalue weighted by molar-refractivity contribution is 5.95. The van der Waals surface area contributed by atoms with Gasteiger partial charge in [0.1, 0.15) is 5.82 Å². The maximum atomic E-state index is 12.7. The third-order valence-electron chi connectivity index (χ3n) is 2.55. The molecule has 2 aromatic rings. The quantitative estimate of drug-likeness (QED) is 0.745. The maximum Gasteiger partial charge on any atom is 0.160 e. The first kappa shape index (κ1) is 12.2. The van der Waals surface area contributed by atoms with Crippen LogP contribution < -0.4 is 0 Å². The second-order valence-corrected chi connectivity index (χ2v) is 4.01. The molecule has 0 saturated heterocycles. The summed E-state index contributed by atoms with van der Waals surface area (Å²) in [6.07, 6.45) is 3.61. The van der Waals surface area contributed by atoms with Gasteiger partial charge in [0.25, 0.3) is 0 Å². The van der Waals surface area contributed by atoms with Crippen molar-refractivity contribution in [3.05, 3.63) is 77.6 Å². The highest BCUT2D eigenvalue weighted by atomic mass is 19.1. The number of carbonyl (C=O) groups is 1. The molecule has 0 spiro atoms. The Labute approximate surface area is 106 Å². The lowest BCUT2D eigenvalue weighted by Crippen LogP contribution is -1.97. The molecule has 0 bridgehead atoms. The van der Waals surface area contributed by atoms with Crippen LogP contribution in [0.4, 0.5) is 4.39 Å². The second kappa shape index (κ2) is 5.92. The first-order chi connectivity index (χ1) is 8.74. The van der Waals surface area contributed by atoms with Gasteiger partial charge in [0.15, 0.2) is 5.78 Å². The van der Waals surface area contributed by atoms with Gasteiger partial charge in [-0.15, -0.1) is 0 Å². The zero-order valence-electron chi connectivity index (χ0n) is 9.84. The van der Waals surface area contributed by atoms with E-state index in [2.05, 4.69) is 0 Å². The van der Waals surface area contributed by atoms with E-state index in [4.69, 9.17) is 0 Å². The van der Waals surface area contributed by atoms with Crippen LogP contribution in [0.3, 0.4) is 0 Å². The zero-order chi connectivity index (χ0) is 12.8. The van der Waals surface area contributed by atoms with Gasteiger partial charge in [0.2, 0.25) is 0 Å². The molecule has 0 saturated carbocycles. The number of ketones is 1. The largest absolute Gasteiger partial charge is 0.294 e. The van der Waals surface area contributed by atoms with Gasteiger partial charge in [-0.1, -0.05) is 48.5 Å². The molecular formula is C16H13FO.